The van der Waals surface area contributed by atoms with Gasteiger partial charge in [0, 0.05) is 55.2 Å². The van der Waals surface area contributed by atoms with Crippen molar-refractivity contribution in [2.75, 3.05) is 26.4 Å². The fourth-order valence-electron chi connectivity index (χ4n) is 7.97. The van der Waals surface area contributed by atoms with Crippen molar-refractivity contribution in [3.05, 3.63) is 95.6 Å². The predicted octanol–water partition coefficient (Wildman–Crippen LogP) is 8.91. The van der Waals surface area contributed by atoms with Crippen molar-refractivity contribution in [3.63, 3.8) is 0 Å². The fraction of sp³-hybridized carbons (Fsp3) is 0.302. The number of carbonyl (C=O) groups is 2. The van der Waals surface area contributed by atoms with Gasteiger partial charge in [0.05, 0.1) is 27.6 Å². The number of hydrogen-bond acceptors (Lipinski definition) is 10. The van der Waals surface area contributed by atoms with E-state index in [2.05, 4.69) is 38.2 Å². The van der Waals surface area contributed by atoms with Gasteiger partial charge >= 0.3 is 5.97 Å². The van der Waals surface area contributed by atoms with E-state index < -0.39 is 5.97 Å². The average molecular weight is 753 g/mol. The summed E-state index contributed by atoms with van der Waals surface area (Å²) in [5.74, 6) is 2.03. The van der Waals surface area contributed by atoms with Gasteiger partial charge in [-0.05, 0) is 119 Å². The number of rotatable bonds is 6. The number of aryl methyl sites for hydroxylation is 2. The number of ketones is 1. The predicted molar refractivity (Wildman–Crippen MR) is 210 cm³/mol. The van der Waals surface area contributed by atoms with E-state index in [1.54, 1.807) is 31.2 Å². The van der Waals surface area contributed by atoms with Crippen LogP contribution in [0.3, 0.4) is 0 Å². The number of oxazole rings is 2. The van der Waals surface area contributed by atoms with Crippen LogP contribution in [0.2, 0.25) is 0 Å². The second kappa shape index (κ2) is 14.5. The molecule has 0 radical (unpaired) electrons. The Labute approximate surface area is 320 Å². The minimum atomic E-state index is -0.984. The third kappa shape index (κ3) is 6.62. The second-order valence-electron chi connectivity index (χ2n) is 14.4. The smallest absolute Gasteiger partial charge is 0.335 e. The van der Waals surface area contributed by atoms with E-state index >= 15 is 0 Å². The second-order valence-corrected chi connectivity index (χ2v) is 14.4. The van der Waals surface area contributed by atoms with Crippen molar-refractivity contribution < 1.29 is 33.0 Å². The summed E-state index contributed by atoms with van der Waals surface area (Å²) in [6, 6.07) is 23.0. The summed E-state index contributed by atoms with van der Waals surface area (Å²) in [4.78, 5) is 41.3. The molecule has 0 spiro atoms. The van der Waals surface area contributed by atoms with Gasteiger partial charge in [-0.2, -0.15) is 0 Å². The molecule has 0 unspecified atom stereocenters. The van der Waals surface area contributed by atoms with E-state index in [1.165, 1.54) is 12.1 Å². The normalized spacial score (nSPS) is 15.5. The van der Waals surface area contributed by atoms with Gasteiger partial charge in [0.2, 0.25) is 11.8 Å². The van der Waals surface area contributed by atoms with Gasteiger partial charge in [-0.1, -0.05) is 0 Å². The molecule has 2 aliphatic rings. The number of fused-ring (bicyclic) bond motifs is 4. The molecule has 0 atom stereocenters. The van der Waals surface area contributed by atoms with Crippen molar-refractivity contribution in [2.24, 2.45) is 0 Å². The fourth-order valence-corrected chi connectivity index (χ4v) is 7.97. The van der Waals surface area contributed by atoms with Gasteiger partial charge in [-0.25, -0.2) is 24.7 Å². The van der Waals surface area contributed by atoms with Crippen molar-refractivity contribution in [2.45, 2.75) is 58.5 Å². The van der Waals surface area contributed by atoms with E-state index in [0.717, 1.165) is 97.0 Å². The Hall–Kier alpha value is -6.18. The highest BCUT2D eigenvalue weighted by atomic mass is 16.5. The highest BCUT2D eigenvalue weighted by molar-refractivity contribution is 5.97. The van der Waals surface area contributed by atoms with Crippen LogP contribution in [0.5, 0.6) is 0 Å². The van der Waals surface area contributed by atoms with Crippen LogP contribution in [0.4, 0.5) is 0 Å². The van der Waals surface area contributed by atoms with Crippen molar-refractivity contribution in [1.82, 2.24) is 29.1 Å². The number of aromatic nitrogens is 6. The number of nitrogens with zero attached hydrogens (tertiary/aromatic N) is 6. The zero-order chi connectivity index (χ0) is 38.5. The quantitative estimate of drug-likeness (QED) is 0.162. The van der Waals surface area contributed by atoms with Crippen LogP contribution in [0, 0.1) is 13.8 Å². The Bertz CT molecular complexity index is 2590. The lowest BCUT2D eigenvalue weighted by Gasteiger charge is -2.25. The number of carbonyl (C=O) groups excluding carboxylic acids is 1. The minimum Gasteiger partial charge on any atom is -0.478 e. The maximum absolute atomic E-state index is 11.6. The third-order valence-corrected chi connectivity index (χ3v) is 10.8. The average Bonchev–Trinajstić information content (AvgIpc) is 3.99. The molecule has 13 heteroatoms. The number of Topliss-reactive ketones (excluding diaryl/α,β-unsaturated/α-hetero) is 1. The Morgan fingerprint density at radius 1 is 0.589 bits per heavy atom. The summed E-state index contributed by atoms with van der Waals surface area (Å²) >= 11 is 0. The van der Waals surface area contributed by atoms with Crippen LogP contribution in [-0.4, -0.2) is 72.4 Å². The van der Waals surface area contributed by atoms with Gasteiger partial charge in [0.1, 0.15) is 22.7 Å². The first-order valence-electron chi connectivity index (χ1n) is 18.9. The molecule has 4 aromatic heterocycles. The molecule has 0 bridgehead atoms. The molecule has 0 amide bonds. The van der Waals surface area contributed by atoms with Crippen molar-refractivity contribution in [3.8, 4) is 22.9 Å². The summed E-state index contributed by atoms with van der Waals surface area (Å²) in [6.45, 7) is 8.79. The third-order valence-electron chi connectivity index (χ3n) is 10.8. The summed E-state index contributed by atoms with van der Waals surface area (Å²) in [6.07, 6.45) is 4.01. The maximum Gasteiger partial charge on any atom is 0.335 e. The zero-order valence-corrected chi connectivity index (χ0v) is 31.3. The summed E-state index contributed by atoms with van der Waals surface area (Å²) in [7, 11) is 0. The summed E-state index contributed by atoms with van der Waals surface area (Å²) < 4.78 is 27.4. The highest BCUT2D eigenvalue weighted by Gasteiger charge is 2.23. The van der Waals surface area contributed by atoms with Gasteiger partial charge in [-0.3, -0.25) is 4.79 Å². The topological polar surface area (TPSA) is 161 Å². The number of ether oxygens (including phenoxy) is 2. The van der Waals surface area contributed by atoms with E-state index in [9.17, 15) is 9.59 Å². The van der Waals surface area contributed by atoms with E-state index in [4.69, 9.17) is 33.4 Å². The van der Waals surface area contributed by atoms with Crippen LogP contribution in [0.15, 0.2) is 81.6 Å². The minimum absolute atomic E-state index is 0.0157. The van der Waals surface area contributed by atoms with Crippen LogP contribution in [0.1, 0.15) is 77.1 Å². The van der Waals surface area contributed by atoms with Gasteiger partial charge in [0.15, 0.2) is 16.9 Å². The van der Waals surface area contributed by atoms with Crippen molar-refractivity contribution in [1.29, 1.82) is 0 Å². The molecule has 1 N–H and O–H groups in total. The number of hydrogen-bond donors (Lipinski definition) is 1. The number of benzene rings is 4. The highest BCUT2D eigenvalue weighted by Crippen LogP contribution is 2.33. The molecule has 8 aromatic rings. The van der Waals surface area contributed by atoms with Crippen LogP contribution < -0.4 is 0 Å². The first-order chi connectivity index (χ1) is 27.2. The molecular weight excluding hydrogens is 713 g/mol. The largest absolute Gasteiger partial charge is 0.478 e. The van der Waals surface area contributed by atoms with Crippen LogP contribution >= 0.6 is 0 Å². The molecule has 284 valence electrons. The molecule has 0 saturated carbocycles. The first kappa shape index (κ1) is 35.5. The Morgan fingerprint density at radius 2 is 1.04 bits per heavy atom. The lowest BCUT2D eigenvalue weighted by Crippen LogP contribution is -2.20. The van der Waals surface area contributed by atoms with Gasteiger partial charge < -0.3 is 32.5 Å². The summed E-state index contributed by atoms with van der Waals surface area (Å²) in [5, 5.41) is 9.15. The van der Waals surface area contributed by atoms with Crippen LogP contribution in [0.25, 0.3) is 67.2 Å². The SMILES string of the molecule is CC(=O)c1ccc2oc(-c3ccc4c(c3)nc(C)n4C3CCOCC3)nc2c1.Cc1nc2cc(-c3nc4cc(C(=O)O)ccc4o3)ccc2n1C1CCOCC1. The molecule has 13 nitrogen and oxygen atoms in total. The molecule has 10 rings (SSSR count). The molecule has 6 heterocycles. The Morgan fingerprint density at radius 3 is 1.48 bits per heavy atom. The lowest BCUT2D eigenvalue weighted by atomic mass is 10.1. The molecule has 2 fully saturated rings. The molecule has 2 aliphatic heterocycles. The number of aromatic carboxylic acids is 1. The van der Waals surface area contributed by atoms with E-state index in [1.807, 2.05) is 31.2 Å². The molecule has 4 aromatic carbocycles. The number of carboxylic acid groups (broad SMARTS) is 1. The monoisotopic (exact) mass is 752 g/mol. The van der Waals surface area contributed by atoms with E-state index in [-0.39, 0.29) is 11.3 Å². The lowest BCUT2D eigenvalue weighted by molar-refractivity contribution is 0.0693. The number of imidazole rings is 2. The molecule has 56 heavy (non-hydrogen) atoms. The standard InChI is InChI=1S/C22H21N3O3.C21H19N3O4/c1-13(26)15-4-6-21-19(11-15)24-22(28-21)16-3-5-20-18(12-16)23-14(2)25(20)17-7-9-27-10-8-17;1-12-22-16-10-13(2-4-18(16)24(12)15-6-8-27-9-7-15)20-23-17-11-14(21(25)26)3-5-19(17)28-20/h3-6,11-12,17H,7-10H2,1-2H3;2-5,10-11,15H,6-9H2,1H3,(H,25,26). The number of carboxylic acids is 1. The van der Waals surface area contributed by atoms with Gasteiger partial charge in [0.25, 0.3) is 0 Å². The van der Waals surface area contributed by atoms with Crippen LogP contribution in [-0.2, 0) is 9.47 Å². The van der Waals surface area contributed by atoms with Crippen molar-refractivity contribution >= 4 is 56.0 Å². The maximum atomic E-state index is 11.6. The Balaban J connectivity index is 0.000000146. The van der Waals surface area contributed by atoms with Gasteiger partial charge in [-0.15, -0.1) is 0 Å². The molecule has 0 aliphatic carbocycles. The Kier molecular flexibility index (Phi) is 9.18. The zero-order valence-electron chi connectivity index (χ0n) is 31.3. The first-order valence-corrected chi connectivity index (χ1v) is 18.9. The summed E-state index contributed by atoms with van der Waals surface area (Å²) in [5.41, 5.74) is 9.02. The van der Waals surface area contributed by atoms with E-state index in [0.29, 0.717) is 51.6 Å². The molecular formula is C43H40N6O7. The molecule has 2 saturated heterocycles.